The number of nitrogens with one attached hydrogen (secondary N) is 1. The third-order valence-corrected chi connectivity index (χ3v) is 4.55. The highest BCUT2D eigenvalue weighted by Crippen LogP contribution is 2.30. The number of hydrogen-bond donors (Lipinski definition) is 1. The van der Waals surface area contributed by atoms with Gasteiger partial charge in [-0.25, -0.2) is 14.8 Å². The average molecular weight is 386 g/mol. The fourth-order valence-corrected chi connectivity index (χ4v) is 3.38. The summed E-state index contributed by atoms with van der Waals surface area (Å²) in [5, 5.41) is 2.90. The summed E-state index contributed by atoms with van der Waals surface area (Å²) >= 11 is 0. The second-order valence-corrected chi connectivity index (χ2v) is 8.11. The Bertz CT molecular complexity index is 819. The van der Waals surface area contributed by atoms with E-state index in [4.69, 9.17) is 14.5 Å². The number of aromatic nitrogens is 2. The minimum absolute atomic E-state index is 0.323. The Morgan fingerprint density at radius 3 is 2.64 bits per heavy atom. The van der Waals surface area contributed by atoms with Gasteiger partial charge in [-0.3, -0.25) is 0 Å². The SMILES string of the molecule is CCOc1nc2ccccc2nc1N1CCC[C@H](CNC(=O)OC(C)(C)C)C1. The van der Waals surface area contributed by atoms with E-state index in [0.29, 0.717) is 24.9 Å². The van der Waals surface area contributed by atoms with Crippen molar-refractivity contribution >= 4 is 22.9 Å². The molecule has 2 aromatic rings. The first-order valence-electron chi connectivity index (χ1n) is 9.97. The number of rotatable bonds is 5. The van der Waals surface area contributed by atoms with Crippen molar-refractivity contribution in [1.29, 1.82) is 0 Å². The number of alkyl carbamates (subject to hydrolysis) is 1. The predicted octanol–water partition coefficient (Wildman–Crippen LogP) is 3.77. The van der Waals surface area contributed by atoms with E-state index >= 15 is 0 Å². The van der Waals surface area contributed by atoms with Crippen LogP contribution in [-0.2, 0) is 4.74 Å². The molecule has 0 spiro atoms. The van der Waals surface area contributed by atoms with Gasteiger partial charge in [0, 0.05) is 19.6 Å². The number of para-hydroxylation sites is 2. The smallest absolute Gasteiger partial charge is 0.407 e. The Hall–Kier alpha value is -2.57. The van der Waals surface area contributed by atoms with Crippen molar-refractivity contribution in [2.75, 3.05) is 31.1 Å². The Morgan fingerprint density at radius 1 is 1.25 bits per heavy atom. The van der Waals surface area contributed by atoms with Crippen LogP contribution in [0.2, 0.25) is 0 Å². The summed E-state index contributed by atoms with van der Waals surface area (Å²) < 4.78 is 11.1. The van der Waals surface area contributed by atoms with E-state index in [0.717, 1.165) is 42.8 Å². The Kier molecular flexibility index (Phi) is 6.21. The van der Waals surface area contributed by atoms with E-state index in [1.54, 1.807) is 0 Å². The number of hydrogen-bond acceptors (Lipinski definition) is 6. The van der Waals surface area contributed by atoms with Crippen LogP contribution in [0.1, 0.15) is 40.5 Å². The first kappa shape index (κ1) is 20.2. The molecule has 0 radical (unpaired) electrons. The minimum atomic E-state index is -0.490. The molecule has 28 heavy (non-hydrogen) atoms. The highest BCUT2D eigenvalue weighted by atomic mass is 16.6. The Morgan fingerprint density at radius 2 is 1.96 bits per heavy atom. The molecule has 0 saturated carbocycles. The number of nitrogens with zero attached hydrogens (tertiary/aromatic N) is 3. The van der Waals surface area contributed by atoms with Gasteiger partial charge in [-0.15, -0.1) is 0 Å². The van der Waals surface area contributed by atoms with Crippen molar-refractivity contribution in [3.8, 4) is 5.88 Å². The number of fused-ring (bicyclic) bond motifs is 1. The molecule has 1 atom stereocenters. The predicted molar refractivity (Wildman–Crippen MR) is 110 cm³/mol. The molecular weight excluding hydrogens is 356 g/mol. The van der Waals surface area contributed by atoms with Crippen LogP contribution in [0.4, 0.5) is 10.6 Å². The molecule has 1 saturated heterocycles. The molecule has 1 amide bonds. The van der Waals surface area contributed by atoms with E-state index in [1.807, 2.05) is 52.0 Å². The summed E-state index contributed by atoms with van der Waals surface area (Å²) in [7, 11) is 0. The van der Waals surface area contributed by atoms with Crippen molar-refractivity contribution in [2.45, 2.75) is 46.1 Å². The monoisotopic (exact) mass is 386 g/mol. The molecule has 152 valence electrons. The standard InChI is InChI=1S/C21H30N4O3/c1-5-27-19-18(23-16-10-6-7-11-17(16)24-19)25-12-8-9-15(14-25)13-22-20(26)28-21(2,3)4/h6-7,10-11,15H,5,8-9,12-14H2,1-4H3,(H,22,26)/t15-/m1/s1. The van der Waals surface area contributed by atoms with E-state index in [1.165, 1.54) is 0 Å². The maximum Gasteiger partial charge on any atom is 0.407 e. The molecule has 1 aromatic carbocycles. The number of ether oxygens (including phenoxy) is 2. The van der Waals surface area contributed by atoms with Gasteiger partial charge in [0.05, 0.1) is 17.6 Å². The summed E-state index contributed by atoms with van der Waals surface area (Å²) in [6, 6.07) is 7.82. The van der Waals surface area contributed by atoms with Crippen molar-refractivity contribution in [2.24, 2.45) is 5.92 Å². The van der Waals surface area contributed by atoms with Gasteiger partial charge in [0.25, 0.3) is 5.88 Å². The molecule has 1 aromatic heterocycles. The van der Waals surface area contributed by atoms with Crippen LogP contribution >= 0.6 is 0 Å². The van der Waals surface area contributed by atoms with Gasteiger partial charge in [0.2, 0.25) is 0 Å². The normalized spacial score (nSPS) is 17.4. The summed E-state index contributed by atoms with van der Waals surface area (Å²) in [5.74, 6) is 1.67. The molecule has 2 heterocycles. The molecule has 1 fully saturated rings. The summed E-state index contributed by atoms with van der Waals surface area (Å²) in [4.78, 5) is 23.7. The molecule has 1 aliphatic heterocycles. The summed E-state index contributed by atoms with van der Waals surface area (Å²) in [6.45, 7) is 10.4. The lowest BCUT2D eigenvalue weighted by molar-refractivity contribution is 0.0517. The van der Waals surface area contributed by atoms with Crippen LogP contribution in [0, 0.1) is 5.92 Å². The van der Waals surface area contributed by atoms with Gasteiger partial charge in [0.15, 0.2) is 5.82 Å². The summed E-state index contributed by atoms with van der Waals surface area (Å²) in [6.07, 6.45) is 1.71. The number of benzene rings is 1. The van der Waals surface area contributed by atoms with Gasteiger partial charge in [0.1, 0.15) is 5.60 Å². The molecule has 0 aliphatic carbocycles. The van der Waals surface area contributed by atoms with E-state index < -0.39 is 5.60 Å². The lowest BCUT2D eigenvalue weighted by Gasteiger charge is -2.34. The highest BCUT2D eigenvalue weighted by molar-refractivity contribution is 5.77. The molecule has 7 heteroatoms. The van der Waals surface area contributed by atoms with Crippen LogP contribution < -0.4 is 15.0 Å². The number of carbonyl (C=O) groups excluding carboxylic acids is 1. The number of carbonyl (C=O) groups is 1. The molecule has 7 nitrogen and oxygen atoms in total. The van der Waals surface area contributed by atoms with Crippen LogP contribution in [0.25, 0.3) is 11.0 Å². The fourth-order valence-electron chi connectivity index (χ4n) is 3.38. The largest absolute Gasteiger partial charge is 0.475 e. The zero-order valence-corrected chi connectivity index (χ0v) is 17.2. The molecule has 0 unspecified atom stereocenters. The van der Waals surface area contributed by atoms with E-state index in [-0.39, 0.29) is 6.09 Å². The Balaban J connectivity index is 1.71. The van der Waals surface area contributed by atoms with Crippen molar-refractivity contribution in [3.05, 3.63) is 24.3 Å². The van der Waals surface area contributed by atoms with Crippen molar-refractivity contribution in [3.63, 3.8) is 0 Å². The zero-order chi connectivity index (χ0) is 20.1. The Labute approximate surface area is 166 Å². The topological polar surface area (TPSA) is 76.6 Å². The first-order valence-corrected chi connectivity index (χ1v) is 9.97. The van der Waals surface area contributed by atoms with Gasteiger partial charge in [-0.05, 0) is 58.6 Å². The highest BCUT2D eigenvalue weighted by Gasteiger charge is 2.25. The molecule has 1 N–H and O–H groups in total. The molecular formula is C21H30N4O3. The summed E-state index contributed by atoms with van der Waals surface area (Å²) in [5.41, 5.74) is 1.19. The van der Waals surface area contributed by atoms with Crippen LogP contribution in [-0.4, -0.2) is 47.9 Å². The van der Waals surface area contributed by atoms with Gasteiger partial charge in [-0.2, -0.15) is 0 Å². The average Bonchev–Trinajstić information content (AvgIpc) is 2.65. The van der Waals surface area contributed by atoms with Gasteiger partial charge >= 0.3 is 6.09 Å². The zero-order valence-electron chi connectivity index (χ0n) is 17.2. The maximum absolute atomic E-state index is 11.9. The quantitative estimate of drug-likeness (QED) is 0.843. The third kappa shape index (κ3) is 5.24. The third-order valence-electron chi connectivity index (χ3n) is 4.55. The van der Waals surface area contributed by atoms with Crippen LogP contribution in [0.3, 0.4) is 0 Å². The van der Waals surface area contributed by atoms with Crippen LogP contribution in [0.15, 0.2) is 24.3 Å². The second kappa shape index (κ2) is 8.63. The maximum atomic E-state index is 11.9. The minimum Gasteiger partial charge on any atom is -0.475 e. The van der Waals surface area contributed by atoms with Crippen LogP contribution in [0.5, 0.6) is 5.88 Å². The van der Waals surface area contributed by atoms with Crippen molar-refractivity contribution in [1.82, 2.24) is 15.3 Å². The lowest BCUT2D eigenvalue weighted by Crippen LogP contribution is -2.42. The van der Waals surface area contributed by atoms with Gasteiger partial charge < -0.3 is 19.7 Å². The lowest BCUT2D eigenvalue weighted by atomic mass is 9.98. The fraction of sp³-hybridized carbons (Fsp3) is 0.571. The molecule has 0 bridgehead atoms. The molecule has 3 rings (SSSR count). The van der Waals surface area contributed by atoms with E-state index in [9.17, 15) is 4.79 Å². The second-order valence-electron chi connectivity index (χ2n) is 8.11. The first-order chi connectivity index (χ1) is 13.4. The number of amides is 1. The van der Waals surface area contributed by atoms with Crippen molar-refractivity contribution < 1.29 is 14.3 Å². The number of piperidine rings is 1. The molecule has 1 aliphatic rings. The van der Waals surface area contributed by atoms with E-state index in [2.05, 4.69) is 15.2 Å². The van der Waals surface area contributed by atoms with Gasteiger partial charge in [-0.1, -0.05) is 12.1 Å². The number of anilines is 1.